The van der Waals surface area contributed by atoms with E-state index in [1.807, 2.05) is 4.90 Å². The van der Waals surface area contributed by atoms with Crippen LogP contribution in [0.4, 0.5) is 0 Å². The standard InChI is InChI=1S/C12H22N2O3/c15-8-7-13-3-5-14(6-4-13)12(16)10-17-9-11-1-2-11/h11,15H,1-10H2. The molecule has 0 radical (unpaired) electrons. The first-order valence-corrected chi connectivity index (χ1v) is 6.48. The first-order valence-electron chi connectivity index (χ1n) is 6.48. The third-order valence-electron chi connectivity index (χ3n) is 3.42. The summed E-state index contributed by atoms with van der Waals surface area (Å²) in [5.74, 6) is 0.818. The molecule has 1 saturated heterocycles. The molecule has 17 heavy (non-hydrogen) atoms. The van der Waals surface area contributed by atoms with Gasteiger partial charge in [-0.25, -0.2) is 0 Å². The van der Waals surface area contributed by atoms with Crippen LogP contribution in [-0.2, 0) is 9.53 Å². The van der Waals surface area contributed by atoms with Gasteiger partial charge in [0.1, 0.15) is 6.61 Å². The van der Waals surface area contributed by atoms with Gasteiger partial charge in [0, 0.05) is 32.7 Å². The van der Waals surface area contributed by atoms with Crippen molar-refractivity contribution in [1.29, 1.82) is 0 Å². The Morgan fingerprint density at radius 1 is 1.24 bits per heavy atom. The van der Waals surface area contributed by atoms with E-state index in [4.69, 9.17) is 9.84 Å². The second kappa shape index (κ2) is 6.33. The predicted octanol–water partition coefficient (Wildman–Crippen LogP) is -0.450. The summed E-state index contributed by atoms with van der Waals surface area (Å²) >= 11 is 0. The van der Waals surface area contributed by atoms with E-state index in [9.17, 15) is 4.79 Å². The Kier molecular flexibility index (Phi) is 4.76. The Labute approximate surface area is 102 Å². The molecule has 1 aliphatic carbocycles. The zero-order valence-corrected chi connectivity index (χ0v) is 10.3. The molecular formula is C12H22N2O3. The van der Waals surface area contributed by atoms with Gasteiger partial charge >= 0.3 is 0 Å². The van der Waals surface area contributed by atoms with E-state index in [1.54, 1.807) is 0 Å². The van der Waals surface area contributed by atoms with Gasteiger partial charge in [-0.15, -0.1) is 0 Å². The molecule has 0 aromatic heterocycles. The number of amides is 1. The van der Waals surface area contributed by atoms with E-state index in [1.165, 1.54) is 12.8 Å². The van der Waals surface area contributed by atoms with Crippen LogP contribution in [0.3, 0.4) is 0 Å². The summed E-state index contributed by atoms with van der Waals surface area (Å²) in [6, 6.07) is 0. The molecule has 0 aromatic carbocycles. The predicted molar refractivity (Wildman–Crippen MR) is 63.6 cm³/mol. The summed E-state index contributed by atoms with van der Waals surface area (Å²) in [5.41, 5.74) is 0. The van der Waals surface area contributed by atoms with Crippen molar-refractivity contribution in [1.82, 2.24) is 9.80 Å². The average Bonchev–Trinajstić information content (AvgIpc) is 3.14. The molecule has 0 spiro atoms. The Morgan fingerprint density at radius 2 is 1.94 bits per heavy atom. The highest BCUT2D eigenvalue weighted by Crippen LogP contribution is 2.28. The minimum absolute atomic E-state index is 0.106. The largest absolute Gasteiger partial charge is 0.395 e. The zero-order valence-electron chi connectivity index (χ0n) is 10.3. The van der Waals surface area contributed by atoms with E-state index in [2.05, 4.69) is 4.90 Å². The molecule has 2 aliphatic rings. The Hall–Kier alpha value is -0.650. The van der Waals surface area contributed by atoms with Crippen LogP contribution in [0.15, 0.2) is 0 Å². The van der Waals surface area contributed by atoms with E-state index < -0.39 is 0 Å². The Morgan fingerprint density at radius 3 is 2.53 bits per heavy atom. The van der Waals surface area contributed by atoms with Crippen molar-refractivity contribution in [2.24, 2.45) is 5.92 Å². The Bertz CT molecular complexity index is 248. The second-order valence-corrected chi connectivity index (χ2v) is 4.90. The molecule has 0 aromatic rings. The number of hydrogen-bond donors (Lipinski definition) is 1. The van der Waals surface area contributed by atoms with Crippen molar-refractivity contribution in [2.75, 3.05) is 52.5 Å². The highest BCUT2D eigenvalue weighted by Gasteiger charge is 2.23. The van der Waals surface area contributed by atoms with E-state index in [-0.39, 0.29) is 19.1 Å². The van der Waals surface area contributed by atoms with Gasteiger partial charge in [-0.2, -0.15) is 0 Å². The fourth-order valence-corrected chi connectivity index (χ4v) is 2.05. The number of aliphatic hydroxyl groups excluding tert-OH is 1. The van der Waals surface area contributed by atoms with Crippen LogP contribution < -0.4 is 0 Å². The summed E-state index contributed by atoms with van der Waals surface area (Å²) in [6.45, 7) is 5.10. The molecule has 98 valence electrons. The molecule has 2 fully saturated rings. The first-order chi connectivity index (χ1) is 8.29. The average molecular weight is 242 g/mol. The molecule has 1 N–H and O–H groups in total. The van der Waals surface area contributed by atoms with Crippen LogP contribution in [0.25, 0.3) is 0 Å². The number of rotatable bonds is 6. The molecule has 0 atom stereocenters. The minimum Gasteiger partial charge on any atom is -0.395 e. The third-order valence-corrected chi connectivity index (χ3v) is 3.42. The molecule has 5 nitrogen and oxygen atoms in total. The number of β-amino-alcohol motifs (C(OH)–C–C–N with tert-alkyl or cyclic N) is 1. The van der Waals surface area contributed by atoms with Crippen molar-refractivity contribution in [3.8, 4) is 0 Å². The zero-order chi connectivity index (χ0) is 12.1. The molecule has 5 heteroatoms. The maximum atomic E-state index is 11.8. The van der Waals surface area contributed by atoms with Gasteiger partial charge in [-0.1, -0.05) is 0 Å². The smallest absolute Gasteiger partial charge is 0.248 e. The van der Waals surface area contributed by atoms with E-state index >= 15 is 0 Å². The maximum absolute atomic E-state index is 11.8. The van der Waals surface area contributed by atoms with Crippen LogP contribution in [0, 0.1) is 5.92 Å². The fourth-order valence-electron chi connectivity index (χ4n) is 2.05. The fraction of sp³-hybridized carbons (Fsp3) is 0.917. The third kappa shape index (κ3) is 4.26. The summed E-state index contributed by atoms with van der Waals surface area (Å²) in [5, 5.41) is 8.83. The molecular weight excluding hydrogens is 220 g/mol. The quantitative estimate of drug-likeness (QED) is 0.685. The molecule has 1 amide bonds. The van der Waals surface area contributed by atoms with Crippen LogP contribution in [0.2, 0.25) is 0 Å². The van der Waals surface area contributed by atoms with Crippen LogP contribution >= 0.6 is 0 Å². The summed E-state index contributed by atoms with van der Waals surface area (Å²) in [6.07, 6.45) is 2.52. The lowest BCUT2D eigenvalue weighted by Crippen LogP contribution is -2.50. The van der Waals surface area contributed by atoms with Crippen molar-refractivity contribution < 1.29 is 14.6 Å². The Balaban J connectivity index is 1.59. The molecule has 1 saturated carbocycles. The number of ether oxygens (including phenoxy) is 1. The monoisotopic (exact) mass is 242 g/mol. The number of nitrogens with zero attached hydrogens (tertiary/aromatic N) is 2. The van der Waals surface area contributed by atoms with E-state index in [0.717, 1.165) is 32.8 Å². The van der Waals surface area contributed by atoms with Gasteiger partial charge in [0.2, 0.25) is 5.91 Å². The molecule has 0 unspecified atom stereocenters. The van der Waals surface area contributed by atoms with Crippen molar-refractivity contribution >= 4 is 5.91 Å². The van der Waals surface area contributed by atoms with Gasteiger partial charge in [0.05, 0.1) is 13.2 Å². The highest BCUT2D eigenvalue weighted by molar-refractivity contribution is 5.77. The second-order valence-electron chi connectivity index (χ2n) is 4.90. The molecule has 2 rings (SSSR count). The summed E-state index contributed by atoms with van der Waals surface area (Å²) < 4.78 is 5.40. The molecule has 1 aliphatic heterocycles. The number of piperazine rings is 1. The van der Waals surface area contributed by atoms with Gasteiger partial charge in [0.25, 0.3) is 0 Å². The topological polar surface area (TPSA) is 53.0 Å². The van der Waals surface area contributed by atoms with Crippen molar-refractivity contribution in [2.45, 2.75) is 12.8 Å². The van der Waals surface area contributed by atoms with Gasteiger partial charge in [0.15, 0.2) is 0 Å². The van der Waals surface area contributed by atoms with Gasteiger partial charge in [-0.05, 0) is 18.8 Å². The van der Waals surface area contributed by atoms with Crippen molar-refractivity contribution in [3.63, 3.8) is 0 Å². The van der Waals surface area contributed by atoms with Crippen molar-refractivity contribution in [3.05, 3.63) is 0 Å². The lowest BCUT2D eigenvalue weighted by molar-refractivity contribution is -0.138. The number of aliphatic hydroxyl groups is 1. The lowest BCUT2D eigenvalue weighted by Gasteiger charge is -2.34. The minimum atomic E-state index is 0.106. The van der Waals surface area contributed by atoms with Crippen LogP contribution in [0.5, 0.6) is 0 Å². The van der Waals surface area contributed by atoms with E-state index in [0.29, 0.717) is 12.5 Å². The van der Waals surface area contributed by atoms with Gasteiger partial charge in [-0.3, -0.25) is 9.69 Å². The van der Waals surface area contributed by atoms with Crippen LogP contribution in [0.1, 0.15) is 12.8 Å². The maximum Gasteiger partial charge on any atom is 0.248 e. The number of hydrogen-bond acceptors (Lipinski definition) is 4. The summed E-state index contributed by atoms with van der Waals surface area (Å²) in [7, 11) is 0. The number of carbonyl (C=O) groups excluding carboxylic acids is 1. The van der Waals surface area contributed by atoms with Gasteiger partial charge < -0.3 is 14.7 Å². The van der Waals surface area contributed by atoms with Crippen LogP contribution in [-0.4, -0.2) is 73.4 Å². The SMILES string of the molecule is O=C(COCC1CC1)N1CCN(CCO)CC1. The highest BCUT2D eigenvalue weighted by atomic mass is 16.5. The molecule has 0 bridgehead atoms. The molecule has 1 heterocycles. The first kappa shape index (κ1) is 12.8. The normalized spacial score (nSPS) is 21.8. The lowest BCUT2D eigenvalue weighted by atomic mass is 10.3. The number of carbonyl (C=O) groups is 1. The summed E-state index contributed by atoms with van der Waals surface area (Å²) in [4.78, 5) is 15.8.